The van der Waals surface area contributed by atoms with Crippen molar-refractivity contribution in [3.05, 3.63) is 53.6 Å². The number of anilines is 1. The quantitative estimate of drug-likeness (QED) is 0.264. The zero-order chi connectivity index (χ0) is 24.1. The van der Waals surface area contributed by atoms with Gasteiger partial charge in [-0.25, -0.2) is 4.79 Å². The van der Waals surface area contributed by atoms with E-state index >= 15 is 0 Å². The van der Waals surface area contributed by atoms with Crippen LogP contribution < -0.4 is 10.1 Å². The van der Waals surface area contributed by atoms with Crippen molar-refractivity contribution in [1.29, 1.82) is 0 Å². The van der Waals surface area contributed by atoms with Gasteiger partial charge in [-0.3, -0.25) is 0 Å². The highest BCUT2D eigenvalue weighted by atomic mass is 16.5. The van der Waals surface area contributed by atoms with Crippen molar-refractivity contribution in [3.8, 4) is 17.0 Å². The number of aromatic amines is 1. The summed E-state index contributed by atoms with van der Waals surface area (Å²) in [7, 11) is 3.06. The first-order chi connectivity index (χ1) is 16.6. The number of carbonyl (C=O) groups excluding carboxylic acids is 1. The van der Waals surface area contributed by atoms with E-state index in [4.69, 9.17) is 9.47 Å². The number of esters is 1. The molecule has 0 unspecified atom stereocenters. The standard InChI is InChI=1S/C28H34N2O4/c1-4-20-24(33-2)14-13-22(26(20)29-15-8-16-31)27-25(18-9-6-5-7-10-18)21-12-11-19(28(32)34-3)17-23(21)30-27/h4,11-14,17-18,29-31H,1,5-10,15-16H2,2-3H3. The van der Waals surface area contributed by atoms with Crippen molar-refractivity contribution in [2.45, 2.75) is 44.4 Å². The van der Waals surface area contributed by atoms with Crippen LogP contribution in [0.5, 0.6) is 5.75 Å². The third-order valence-corrected chi connectivity index (χ3v) is 6.81. The first-order valence-electron chi connectivity index (χ1n) is 12.0. The SMILES string of the molecule is C=Cc1c(OC)ccc(-c2[nH]c3cc(C(=O)OC)ccc3c2C2CCCCC2)c1NCCCO. The maximum atomic E-state index is 12.2. The Morgan fingerprint density at radius 2 is 2.00 bits per heavy atom. The van der Waals surface area contributed by atoms with Gasteiger partial charge in [0, 0.05) is 35.2 Å². The van der Waals surface area contributed by atoms with Crippen LogP contribution in [0.3, 0.4) is 0 Å². The topological polar surface area (TPSA) is 83.6 Å². The smallest absolute Gasteiger partial charge is 0.337 e. The first-order valence-corrected chi connectivity index (χ1v) is 12.0. The molecule has 4 rings (SSSR count). The molecular weight excluding hydrogens is 428 g/mol. The molecule has 0 aliphatic heterocycles. The Labute approximate surface area is 201 Å². The third-order valence-electron chi connectivity index (χ3n) is 6.81. The second kappa shape index (κ2) is 10.8. The lowest BCUT2D eigenvalue weighted by Crippen LogP contribution is -2.09. The van der Waals surface area contributed by atoms with Crippen LogP contribution in [0.2, 0.25) is 0 Å². The Kier molecular flexibility index (Phi) is 7.58. The highest BCUT2D eigenvalue weighted by molar-refractivity contribution is 6.00. The number of hydrogen-bond acceptors (Lipinski definition) is 5. The fraction of sp³-hybridized carbons (Fsp3) is 0.393. The number of hydrogen-bond donors (Lipinski definition) is 3. The van der Waals surface area contributed by atoms with E-state index in [0.717, 1.165) is 52.0 Å². The summed E-state index contributed by atoms with van der Waals surface area (Å²) in [4.78, 5) is 15.8. The van der Waals surface area contributed by atoms with Crippen LogP contribution in [0.25, 0.3) is 28.2 Å². The predicted molar refractivity (Wildman–Crippen MR) is 138 cm³/mol. The third kappa shape index (κ3) is 4.55. The zero-order valence-electron chi connectivity index (χ0n) is 20.1. The minimum Gasteiger partial charge on any atom is -0.496 e. The summed E-state index contributed by atoms with van der Waals surface area (Å²) < 4.78 is 10.6. The minimum absolute atomic E-state index is 0.117. The number of benzene rings is 2. The molecule has 1 heterocycles. The van der Waals surface area contributed by atoms with Crippen molar-refractivity contribution in [2.75, 3.05) is 32.7 Å². The fourth-order valence-corrected chi connectivity index (χ4v) is 5.16. The van der Waals surface area contributed by atoms with Crippen LogP contribution in [0.15, 0.2) is 36.9 Å². The number of rotatable bonds is 9. The van der Waals surface area contributed by atoms with E-state index in [-0.39, 0.29) is 12.6 Å². The molecule has 0 amide bonds. The average molecular weight is 463 g/mol. The van der Waals surface area contributed by atoms with Gasteiger partial charge in [0.25, 0.3) is 0 Å². The molecule has 1 aliphatic carbocycles. The molecule has 180 valence electrons. The Morgan fingerprint density at radius 3 is 2.68 bits per heavy atom. The van der Waals surface area contributed by atoms with Gasteiger partial charge in [-0.1, -0.05) is 38.0 Å². The lowest BCUT2D eigenvalue weighted by atomic mass is 9.81. The van der Waals surface area contributed by atoms with Gasteiger partial charge < -0.3 is 24.9 Å². The van der Waals surface area contributed by atoms with Crippen molar-refractivity contribution >= 4 is 28.6 Å². The second-order valence-corrected chi connectivity index (χ2v) is 8.81. The molecular formula is C28H34N2O4. The normalized spacial score (nSPS) is 14.2. The summed E-state index contributed by atoms with van der Waals surface area (Å²) >= 11 is 0. The van der Waals surface area contributed by atoms with Gasteiger partial charge in [0.2, 0.25) is 0 Å². The number of aliphatic hydroxyl groups is 1. The molecule has 0 atom stereocenters. The lowest BCUT2D eigenvalue weighted by Gasteiger charge is -2.24. The highest BCUT2D eigenvalue weighted by Crippen LogP contribution is 2.46. The molecule has 3 N–H and O–H groups in total. The number of H-pyrrole nitrogens is 1. The Hall–Kier alpha value is -3.25. The van der Waals surface area contributed by atoms with Crippen LogP contribution in [0, 0.1) is 0 Å². The summed E-state index contributed by atoms with van der Waals surface area (Å²) in [6, 6.07) is 9.82. The Balaban J connectivity index is 1.95. The summed E-state index contributed by atoms with van der Waals surface area (Å²) in [5.41, 5.74) is 6.67. The second-order valence-electron chi connectivity index (χ2n) is 8.81. The summed E-state index contributed by atoms with van der Waals surface area (Å²) in [5, 5.41) is 14.0. The molecule has 0 spiro atoms. The summed E-state index contributed by atoms with van der Waals surface area (Å²) in [6.45, 7) is 4.77. The molecule has 1 aromatic heterocycles. The summed E-state index contributed by atoms with van der Waals surface area (Å²) in [6.07, 6.45) is 8.46. The Morgan fingerprint density at radius 1 is 1.21 bits per heavy atom. The molecule has 6 heteroatoms. The minimum atomic E-state index is -0.345. The largest absolute Gasteiger partial charge is 0.496 e. The molecule has 0 saturated heterocycles. The van der Waals surface area contributed by atoms with Gasteiger partial charge in [0.05, 0.1) is 31.2 Å². The van der Waals surface area contributed by atoms with Crippen LogP contribution >= 0.6 is 0 Å². The van der Waals surface area contributed by atoms with E-state index in [1.54, 1.807) is 7.11 Å². The van der Waals surface area contributed by atoms with Crippen molar-refractivity contribution in [1.82, 2.24) is 4.98 Å². The van der Waals surface area contributed by atoms with E-state index in [1.807, 2.05) is 30.3 Å². The number of fused-ring (bicyclic) bond motifs is 1. The van der Waals surface area contributed by atoms with Gasteiger partial charge in [-0.2, -0.15) is 0 Å². The molecule has 3 aromatic rings. The van der Waals surface area contributed by atoms with Gasteiger partial charge in [-0.05, 0) is 55.0 Å². The molecule has 1 saturated carbocycles. The van der Waals surface area contributed by atoms with Crippen LogP contribution in [0.1, 0.15) is 65.9 Å². The molecule has 1 fully saturated rings. The molecule has 6 nitrogen and oxygen atoms in total. The summed E-state index contributed by atoms with van der Waals surface area (Å²) in [5.74, 6) is 0.844. The van der Waals surface area contributed by atoms with Gasteiger partial charge >= 0.3 is 5.97 Å². The van der Waals surface area contributed by atoms with Crippen LogP contribution in [-0.2, 0) is 4.74 Å². The highest BCUT2D eigenvalue weighted by Gasteiger charge is 2.26. The number of nitrogens with one attached hydrogen (secondary N) is 2. The number of methoxy groups -OCH3 is 2. The number of carbonyl (C=O) groups is 1. The van der Waals surface area contributed by atoms with Crippen molar-refractivity contribution in [3.63, 3.8) is 0 Å². The molecule has 2 aromatic carbocycles. The van der Waals surface area contributed by atoms with Crippen molar-refractivity contribution < 1.29 is 19.4 Å². The number of aliphatic hydroxyl groups excluding tert-OH is 1. The number of aromatic nitrogens is 1. The first kappa shape index (κ1) is 23.9. The predicted octanol–water partition coefficient (Wildman–Crippen LogP) is 6.12. The lowest BCUT2D eigenvalue weighted by molar-refractivity contribution is 0.0601. The molecule has 1 aliphatic rings. The van der Waals surface area contributed by atoms with E-state index in [9.17, 15) is 9.90 Å². The molecule has 0 bridgehead atoms. The Bertz CT molecular complexity index is 1170. The zero-order valence-corrected chi connectivity index (χ0v) is 20.1. The van der Waals surface area contributed by atoms with E-state index < -0.39 is 0 Å². The average Bonchev–Trinajstić information content (AvgIpc) is 3.26. The molecule has 0 radical (unpaired) electrons. The van der Waals surface area contributed by atoms with Gasteiger partial charge in [-0.15, -0.1) is 0 Å². The number of ether oxygens (including phenoxy) is 2. The molecule has 34 heavy (non-hydrogen) atoms. The maximum absolute atomic E-state index is 12.2. The van der Waals surface area contributed by atoms with Gasteiger partial charge in [0.1, 0.15) is 5.75 Å². The van der Waals surface area contributed by atoms with Crippen LogP contribution in [-0.4, -0.2) is 43.4 Å². The van der Waals surface area contributed by atoms with E-state index in [2.05, 4.69) is 22.9 Å². The van der Waals surface area contributed by atoms with E-state index in [0.29, 0.717) is 24.4 Å². The van der Waals surface area contributed by atoms with Crippen LogP contribution in [0.4, 0.5) is 5.69 Å². The van der Waals surface area contributed by atoms with E-state index in [1.165, 1.54) is 31.9 Å². The van der Waals surface area contributed by atoms with Crippen molar-refractivity contribution in [2.24, 2.45) is 0 Å². The fourth-order valence-electron chi connectivity index (χ4n) is 5.16. The maximum Gasteiger partial charge on any atom is 0.337 e. The monoisotopic (exact) mass is 462 g/mol. The van der Waals surface area contributed by atoms with Gasteiger partial charge in [0.15, 0.2) is 0 Å².